The lowest BCUT2D eigenvalue weighted by molar-refractivity contribution is 0.0123. The molecule has 0 bridgehead atoms. The summed E-state index contributed by atoms with van der Waals surface area (Å²) in [4.78, 5) is 2.39. The SMILES string of the molecule is CC(C)CC(C)N(C)C1CCCCC1O. The quantitative estimate of drug-likeness (QED) is 0.776. The van der Waals surface area contributed by atoms with Crippen molar-refractivity contribution in [2.45, 2.75) is 71.1 Å². The van der Waals surface area contributed by atoms with Gasteiger partial charge in [-0.1, -0.05) is 26.7 Å². The Balaban J connectivity index is 2.46. The van der Waals surface area contributed by atoms with E-state index in [9.17, 15) is 5.11 Å². The van der Waals surface area contributed by atoms with E-state index < -0.39 is 0 Å². The summed E-state index contributed by atoms with van der Waals surface area (Å²) in [5.41, 5.74) is 0. The highest BCUT2D eigenvalue weighted by atomic mass is 16.3. The van der Waals surface area contributed by atoms with Crippen molar-refractivity contribution in [2.75, 3.05) is 7.05 Å². The Labute approximate surface area is 94.7 Å². The molecule has 90 valence electrons. The number of nitrogens with zero attached hydrogens (tertiary/aromatic N) is 1. The molecule has 2 heteroatoms. The standard InChI is InChI=1S/C13H27NO/c1-10(2)9-11(3)14(4)12-7-5-6-8-13(12)15/h10-13,15H,5-9H2,1-4H3. The second kappa shape index (κ2) is 5.86. The largest absolute Gasteiger partial charge is 0.391 e. The summed E-state index contributed by atoms with van der Waals surface area (Å²) < 4.78 is 0. The molecule has 1 aliphatic carbocycles. The molecule has 0 radical (unpaired) electrons. The smallest absolute Gasteiger partial charge is 0.0695 e. The minimum Gasteiger partial charge on any atom is -0.391 e. The van der Waals surface area contributed by atoms with E-state index in [4.69, 9.17) is 0 Å². The lowest BCUT2D eigenvalue weighted by Gasteiger charge is -2.39. The van der Waals surface area contributed by atoms with Gasteiger partial charge in [-0.15, -0.1) is 0 Å². The molecule has 15 heavy (non-hydrogen) atoms. The van der Waals surface area contributed by atoms with Crippen LogP contribution in [-0.4, -0.2) is 35.2 Å². The van der Waals surface area contributed by atoms with E-state index in [0.29, 0.717) is 12.1 Å². The van der Waals surface area contributed by atoms with Crippen LogP contribution in [0.25, 0.3) is 0 Å². The molecule has 2 nitrogen and oxygen atoms in total. The molecule has 1 rings (SSSR count). The second-order valence-electron chi connectivity index (χ2n) is 5.56. The lowest BCUT2D eigenvalue weighted by Crippen LogP contribution is -2.47. The Hall–Kier alpha value is -0.0800. The molecule has 3 unspecified atom stereocenters. The molecule has 1 aliphatic rings. The molecule has 0 aromatic rings. The minimum absolute atomic E-state index is 0.0987. The lowest BCUT2D eigenvalue weighted by atomic mass is 9.90. The van der Waals surface area contributed by atoms with Gasteiger partial charge >= 0.3 is 0 Å². The maximum atomic E-state index is 9.98. The molecule has 0 spiro atoms. The summed E-state index contributed by atoms with van der Waals surface area (Å²) in [6.45, 7) is 6.81. The first kappa shape index (κ1) is 13.0. The predicted octanol–water partition coefficient (Wildman–Crippen LogP) is 2.66. The first-order chi connectivity index (χ1) is 7.02. The first-order valence-electron chi connectivity index (χ1n) is 6.42. The van der Waals surface area contributed by atoms with E-state index in [1.54, 1.807) is 0 Å². The van der Waals surface area contributed by atoms with Crippen LogP contribution in [-0.2, 0) is 0 Å². The summed E-state index contributed by atoms with van der Waals surface area (Å²) in [6, 6.07) is 0.982. The molecule has 1 saturated carbocycles. The van der Waals surface area contributed by atoms with Gasteiger partial charge in [0.15, 0.2) is 0 Å². The van der Waals surface area contributed by atoms with Crippen molar-refractivity contribution >= 4 is 0 Å². The average Bonchev–Trinajstić information content (AvgIpc) is 2.16. The molecule has 0 aromatic carbocycles. The summed E-state index contributed by atoms with van der Waals surface area (Å²) in [5.74, 6) is 0.739. The van der Waals surface area contributed by atoms with E-state index in [1.807, 2.05) is 0 Å². The van der Waals surface area contributed by atoms with Gasteiger partial charge in [0.2, 0.25) is 0 Å². The van der Waals surface area contributed by atoms with Crippen molar-refractivity contribution in [3.05, 3.63) is 0 Å². The molecule has 0 saturated heterocycles. The fourth-order valence-corrected chi connectivity index (χ4v) is 2.74. The van der Waals surface area contributed by atoms with Crippen molar-refractivity contribution in [1.29, 1.82) is 0 Å². The monoisotopic (exact) mass is 213 g/mol. The fourth-order valence-electron chi connectivity index (χ4n) is 2.74. The summed E-state index contributed by atoms with van der Waals surface area (Å²) >= 11 is 0. The maximum Gasteiger partial charge on any atom is 0.0695 e. The van der Waals surface area contributed by atoms with Crippen molar-refractivity contribution in [3.63, 3.8) is 0 Å². The van der Waals surface area contributed by atoms with Crippen molar-refractivity contribution in [2.24, 2.45) is 5.92 Å². The summed E-state index contributed by atoms with van der Waals surface area (Å²) in [6.07, 6.45) is 5.76. The van der Waals surface area contributed by atoms with Crippen LogP contribution in [0, 0.1) is 5.92 Å². The molecular formula is C13H27NO. The van der Waals surface area contributed by atoms with Gasteiger partial charge in [0, 0.05) is 12.1 Å². The fraction of sp³-hybridized carbons (Fsp3) is 1.00. The van der Waals surface area contributed by atoms with E-state index in [0.717, 1.165) is 12.3 Å². The number of hydrogen-bond donors (Lipinski definition) is 1. The zero-order valence-corrected chi connectivity index (χ0v) is 10.7. The third-order valence-corrected chi connectivity index (χ3v) is 3.72. The van der Waals surface area contributed by atoms with Gasteiger partial charge in [-0.3, -0.25) is 4.90 Å². The second-order valence-corrected chi connectivity index (χ2v) is 5.56. The van der Waals surface area contributed by atoms with Gasteiger partial charge in [0.1, 0.15) is 0 Å². The number of aliphatic hydroxyl groups excluding tert-OH is 1. The van der Waals surface area contributed by atoms with Crippen LogP contribution in [0.2, 0.25) is 0 Å². The number of hydrogen-bond acceptors (Lipinski definition) is 2. The number of likely N-dealkylation sites (N-methyl/N-ethyl adjacent to an activating group) is 1. The van der Waals surface area contributed by atoms with Crippen LogP contribution < -0.4 is 0 Å². The molecule has 0 aromatic heterocycles. The topological polar surface area (TPSA) is 23.5 Å². The first-order valence-corrected chi connectivity index (χ1v) is 6.42. The van der Waals surface area contributed by atoms with Crippen LogP contribution in [0.15, 0.2) is 0 Å². The number of rotatable bonds is 4. The normalized spacial score (nSPS) is 29.8. The van der Waals surface area contributed by atoms with Crippen molar-refractivity contribution in [1.82, 2.24) is 4.90 Å². The minimum atomic E-state index is -0.0987. The Bertz CT molecular complexity index is 181. The number of aliphatic hydroxyl groups is 1. The predicted molar refractivity (Wildman–Crippen MR) is 64.9 cm³/mol. The molecule has 3 atom stereocenters. The highest BCUT2D eigenvalue weighted by molar-refractivity contribution is 4.84. The van der Waals surface area contributed by atoms with E-state index in [1.165, 1.54) is 25.7 Å². The third kappa shape index (κ3) is 3.76. The molecule has 1 fully saturated rings. The van der Waals surface area contributed by atoms with Gasteiger partial charge < -0.3 is 5.11 Å². The molecule has 1 N–H and O–H groups in total. The van der Waals surface area contributed by atoms with Crippen LogP contribution in [0.4, 0.5) is 0 Å². The zero-order valence-electron chi connectivity index (χ0n) is 10.7. The van der Waals surface area contributed by atoms with Gasteiger partial charge in [-0.05, 0) is 39.2 Å². The average molecular weight is 213 g/mol. The third-order valence-electron chi connectivity index (χ3n) is 3.72. The Morgan fingerprint density at radius 1 is 1.20 bits per heavy atom. The van der Waals surface area contributed by atoms with Crippen LogP contribution in [0.3, 0.4) is 0 Å². The Morgan fingerprint density at radius 3 is 2.33 bits per heavy atom. The van der Waals surface area contributed by atoms with Crippen LogP contribution in [0.1, 0.15) is 52.9 Å². The van der Waals surface area contributed by atoms with Gasteiger partial charge in [-0.2, -0.15) is 0 Å². The Morgan fingerprint density at radius 2 is 1.80 bits per heavy atom. The molecule has 0 amide bonds. The van der Waals surface area contributed by atoms with E-state index in [2.05, 4.69) is 32.7 Å². The Kier molecular flexibility index (Phi) is 5.07. The molecule has 0 heterocycles. The highest BCUT2D eigenvalue weighted by Crippen LogP contribution is 2.25. The van der Waals surface area contributed by atoms with Crippen LogP contribution in [0.5, 0.6) is 0 Å². The van der Waals surface area contributed by atoms with Gasteiger partial charge in [0.05, 0.1) is 6.10 Å². The van der Waals surface area contributed by atoms with Gasteiger partial charge in [0.25, 0.3) is 0 Å². The molecule has 0 aliphatic heterocycles. The van der Waals surface area contributed by atoms with Crippen molar-refractivity contribution in [3.8, 4) is 0 Å². The highest BCUT2D eigenvalue weighted by Gasteiger charge is 2.28. The molecular weight excluding hydrogens is 186 g/mol. The van der Waals surface area contributed by atoms with E-state index in [-0.39, 0.29) is 6.10 Å². The van der Waals surface area contributed by atoms with Crippen LogP contribution >= 0.6 is 0 Å². The van der Waals surface area contributed by atoms with Gasteiger partial charge in [-0.25, -0.2) is 0 Å². The summed E-state index contributed by atoms with van der Waals surface area (Å²) in [7, 11) is 2.17. The van der Waals surface area contributed by atoms with Crippen molar-refractivity contribution < 1.29 is 5.11 Å². The van der Waals surface area contributed by atoms with E-state index >= 15 is 0 Å². The maximum absolute atomic E-state index is 9.98. The summed E-state index contributed by atoms with van der Waals surface area (Å²) in [5, 5.41) is 9.98. The zero-order chi connectivity index (χ0) is 11.4.